The number of benzene rings is 1. The third-order valence-corrected chi connectivity index (χ3v) is 5.61. The molecule has 3 aromatic rings. The van der Waals surface area contributed by atoms with Gasteiger partial charge in [0, 0.05) is 25.8 Å². The summed E-state index contributed by atoms with van der Waals surface area (Å²) in [5.41, 5.74) is 1.72. The van der Waals surface area contributed by atoms with Crippen molar-refractivity contribution in [3.8, 4) is 0 Å². The Labute approximate surface area is 173 Å². The molecule has 30 heavy (non-hydrogen) atoms. The predicted octanol–water partition coefficient (Wildman–Crippen LogP) is 1.42. The van der Waals surface area contributed by atoms with Crippen LogP contribution in [0, 0.1) is 5.92 Å². The fraction of sp³-hybridized carbons (Fsp3) is 0.429. The van der Waals surface area contributed by atoms with Gasteiger partial charge in [-0.25, -0.2) is 9.36 Å². The van der Waals surface area contributed by atoms with E-state index in [1.807, 2.05) is 4.57 Å². The van der Waals surface area contributed by atoms with Gasteiger partial charge in [0.2, 0.25) is 5.95 Å². The Kier molecular flexibility index (Phi) is 4.97. The van der Waals surface area contributed by atoms with Crippen molar-refractivity contribution in [2.24, 2.45) is 13.0 Å². The lowest BCUT2D eigenvalue weighted by Gasteiger charge is -2.33. The molecular formula is C21H25N5O4. The van der Waals surface area contributed by atoms with E-state index in [1.165, 1.54) is 17.2 Å². The van der Waals surface area contributed by atoms with Gasteiger partial charge in [-0.05, 0) is 30.0 Å². The topological polar surface area (TPSA) is 91.4 Å². The minimum atomic E-state index is -0.655. The van der Waals surface area contributed by atoms with E-state index in [0.29, 0.717) is 23.7 Å². The summed E-state index contributed by atoms with van der Waals surface area (Å²) < 4.78 is 8.72. The van der Waals surface area contributed by atoms with Crippen molar-refractivity contribution in [3.63, 3.8) is 0 Å². The number of esters is 1. The fourth-order valence-corrected chi connectivity index (χ4v) is 3.97. The summed E-state index contributed by atoms with van der Waals surface area (Å²) in [7, 11) is 2.78. The maximum absolute atomic E-state index is 13.2. The Hall–Kier alpha value is -3.36. The van der Waals surface area contributed by atoms with Crippen LogP contribution in [0.25, 0.3) is 11.2 Å². The number of rotatable bonds is 4. The summed E-state index contributed by atoms with van der Waals surface area (Å²) >= 11 is 0. The molecule has 0 aliphatic carbocycles. The molecule has 0 spiro atoms. The van der Waals surface area contributed by atoms with Gasteiger partial charge in [0.25, 0.3) is 5.56 Å². The maximum Gasteiger partial charge on any atom is 0.333 e. The summed E-state index contributed by atoms with van der Waals surface area (Å²) in [6.07, 6.45) is 0.955. The molecule has 1 aliphatic rings. The summed E-state index contributed by atoms with van der Waals surface area (Å²) in [6, 6.07) is 8.27. The van der Waals surface area contributed by atoms with Crippen LogP contribution >= 0.6 is 0 Å². The Morgan fingerprint density at radius 1 is 1.20 bits per heavy atom. The van der Waals surface area contributed by atoms with E-state index in [2.05, 4.69) is 52.7 Å². The molecule has 0 bridgehead atoms. The summed E-state index contributed by atoms with van der Waals surface area (Å²) in [5, 5.41) is 0. The van der Waals surface area contributed by atoms with Gasteiger partial charge in [-0.3, -0.25) is 14.2 Å². The van der Waals surface area contributed by atoms with E-state index in [4.69, 9.17) is 0 Å². The van der Waals surface area contributed by atoms with Crippen LogP contribution in [-0.4, -0.2) is 38.3 Å². The highest BCUT2D eigenvalue weighted by Gasteiger charge is 2.30. The first-order chi connectivity index (χ1) is 14.3. The lowest BCUT2D eigenvalue weighted by atomic mass is 10.1. The minimum absolute atomic E-state index is 0.256. The van der Waals surface area contributed by atoms with Gasteiger partial charge in [0.05, 0.1) is 7.11 Å². The molecule has 1 aliphatic heterocycles. The van der Waals surface area contributed by atoms with Crippen LogP contribution in [0.3, 0.4) is 0 Å². The third kappa shape index (κ3) is 3.10. The first-order valence-corrected chi connectivity index (χ1v) is 9.99. The molecule has 0 amide bonds. The van der Waals surface area contributed by atoms with Crippen molar-refractivity contribution in [1.82, 2.24) is 18.7 Å². The zero-order valence-electron chi connectivity index (χ0n) is 17.6. The molecular weight excluding hydrogens is 386 g/mol. The molecule has 2 aromatic heterocycles. The Balaban J connectivity index is 1.94. The van der Waals surface area contributed by atoms with Crippen molar-refractivity contribution in [3.05, 3.63) is 50.7 Å². The van der Waals surface area contributed by atoms with Gasteiger partial charge in [0.1, 0.15) is 6.54 Å². The van der Waals surface area contributed by atoms with Crippen LogP contribution in [0.2, 0.25) is 0 Å². The molecule has 1 atom stereocenters. The second-order valence-electron chi connectivity index (χ2n) is 7.74. The number of carbonyl (C=O) groups excluding carboxylic acids is 1. The van der Waals surface area contributed by atoms with E-state index in [-0.39, 0.29) is 5.92 Å². The van der Waals surface area contributed by atoms with Crippen molar-refractivity contribution >= 4 is 28.8 Å². The molecule has 0 radical (unpaired) electrons. The minimum Gasteiger partial charge on any atom is -0.468 e. The van der Waals surface area contributed by atoms with Crippen LogP contribution in [0.1, 0.15) is 19.4 Å². The van der Waals surface area contributed by atoms with E-state index in [0.717, 1.165) is 23.2 Å². The SMILES string of the molecule is CCc1ccc(N2CC(C)Cn3c2nc2c3c(=O)n(CC(=O)OC)c(=O)n2C)cc1. The number of hydrogen-bond acceptors (Lipinski definition) is 6. The Morgan fingerprint density at radius 3 is 2.53 bits per heavy atom. The average molecular weight is 411 g/mol. The number of hydrogen-bond donors (Lipinski definition) is 0. The van der Waals surface area contributed by atoms with E-state index in [1.54, 1.807) is 7.05 Å². The summed E-state index contributed by atoms with van der Waals surface area (Å²) in [5.74, 6) is 0.222. The fourth-order valence-electron chi connectivity index (χ4n) is 3.97. The van der Waals surface area contributed by atoms with Gasteiger partial charge in [-0.1, -0.05) is 26.0 Å². The third-order valence-electron chi connectivity index (χ3n) is 5.61. The van der Waals surface area contributed by atoms with E-state index in [9.17, 15) is 14.4 Å². The Bertz CT molecular complexity index is 1240. The zero-order valence-corrected chi connectivity index (χ0v) is 17.6. The molecule has 158 valence electrons. The largest absolute Gasteiger partial charge is 0.468 e. The molecule has 9 heteroatoms. The number of aryl methyl sites for hydroxylation is 2. The van der Waals surface area contributed by atoms with Crippen molar-refractivity contribution in [2.45, 2.75) is 33.4 Å². The van der Waals surface area contributed by atoms with Crippen molar-refractivity contribution in [2.75, 3.05) is 18.6 Å². The lowest BCUT2D eigenvalue weighted by molar-refractivity contribution is -0.141. The first-order valence-electron chi connectivity index (χ1n) is 9.99. The number of carbonyl (C=O) groups is 1. The van der Waals surface area contributed by atoms with Gasteiger partial charge < -0.3 is 14.2 Å². The van der Waals surface area contributed by atoms with Crippen LogP contribution in [-0.2, 0) is 36.1 Å². The molecule has 9 nitrogen and oxygen atoms in total. The van der Waals surface area contributed by atoms with Gasteiger partial charge in [-0.15, -0.1) is 0 Å². The number of fused-ring (bicyclic) bond motifs is 3. The standard InChI is InChI=1S/C21H25N5O4/c1-5-14-6-8-15(9-7-14)24-10-13(2)11-25-17-18(22-20(24)25)23(3)21(29)26(19(17)28)12-16(27)30-4/h6-9,13H,5,10-12H2,1-4H3. The van der Waals surface area contributed by atoms with Crippen LogP contribution in [0.15, 0.2) is 33.9 Å². The average Bonchev–Trinajstić information content (AvgIpc) is 3.14. The predicted molar refractivity (Wildman–Crippen MR) is 113 cm³/mol. The number of anilines is 2. The van der Waals surface area contributed by atoms with Gasteiger partial charge in [0.15, 0.2) is 11.2 Å². The lowest BCUT2D eigenvalue weighted by Crippen LogP contribution is -2.42. The number of nitrogens with zero attached hydrogens (tertiary/aromatic N) is 5. The molecule has 0 saturated heterocycles. The number of imidazole rings is 1. The smallest absolute Gasteiger partial charge is 0.333 e. The molecule has 3 heterocycles. The normalized spacial score (nSPS) is 16.0. The van der Waals surface area contributed by atoms with Gasteiger partial charge in [-0.2, -0.15) is 4.98 Å². The maximum atomic E-state index is 13.2. The Morgan fingerprint density at radius 2 is 1.90 bits per heavy atom. The zero-order chi connectivity index (χ0) is 21.6. The molecule has 4 rings (SSSR count). The van der Waals surface area contributed by atoms with Crippen LogP contribution < -0.4 is 16.1 Å². The highest BCUT2D eigenvalue weighted by molar-refractivity contribution is 5.77. The second-order valence-corrected chi connectivity index (χ2v) is 7.74. The number of aromatic nitrogens is 4. The molecule has 0 fully saturated rings. The summed E-state index contributed by atoms with van der Waals surface area (Å²) in [6.45, 7) is 5.13. The molecule has 0 saturated carbocycles. The monoisotopic (exact) mass is 411 g/mol. The molecule has 1 unspecified atom stereocenters. The number of ether oxygens (including phenoxy) is 1. The van der Waals surface area contributed by atoms with E-state index >= 15 is 0 Å². The van der Waals surface area contributed by atoms with Crippen LogP contribution in [0.5, 0.6) is 0 Å². The van der Waals surface area contributed by atoms with Crippen molar-refractivity contribution in [1.29, 1.82) is 0 Å². The summed E-state index contributed by atoms with van der Waals surface area (Å²) in [4.78, 5) is 44.4. The quantitative estimate of drug-likeness (QED) is 0.603. The highest BCUT2D eigenvalue weighted by atomic mass is 16.5. The highest BCUT2D eigenvalue weighted by Crippen LogP contribution is 2.32. The number of methoxy groups -OCH3 is 1. The van der Waals surface area contributed by atoms with Crippen molar-refractivity contribution < 1.29 is 9.53 Å². The van der Waals surface area contributed by atoms with Gasteiger partial charge >= 0.3 is 11.7 Å². The first kappa shape index (κ1) is 19.9. The molecule has 0 N–H and O–H groups in total. The van der Waals surface area contributed by atoms with Crippen LogP contribution in [0.4, 0.5) is 11.6 Å². The van der Waals surface area contributed by atoms with E-state index < -0.39 is 23.8 Å². The second kappa shape index (κ2) is 7.47. The molecule has 1 aromatic carbocycles.